The van der Waals surface area contributed by atoms with Crippen molar-refractivity contribution in [3.05, 3.63) is 64.2 Å². The van der Waals surface area contributed by atoms with Gasteiger partial charge < -0.3 is 19.3 Å². The van der Waals surface area contributed by atoms with Gasteiger partial charge in [-0.05, 0) is 36.8 Å². The molecule has 2 atom stereocenters. The first-order valence-corrected chi connectivity index (χ1v) is 10.1. The zero-order valence-corrected chi connectivity index (χ0v) is 16.7. The number of halogens is 3. The summed E-state index contributed by atoms with van der Waals surface area (Å²) in [4.78, 5) is 27.8. The van der Waals surface area contributed by atoms with E-state index in [9.17, 15) is 14.0 Å². The van der Waals surface area contributed by atoms with Gasteiger partial charge in [-0.1, -0.05) is 0 Å². The maximum absolute atomic E-state index is 16.0. The van der Waals surface area contributed by atoms with Crippen LogP contribution in [0.5, 0.6) is 5.75 Å². The number of piperazine rings is 1. The van der Waals surface area contributed by atoms with Crippen LogP contribution in [0.4, 0.5) is 23.7 Å². The number of hydrogen-bond donors (Lipinski definition) is 1. The van der Waals surface area contributed by atoms with E-state index < -0.39 is 34.8 Å². The fourth-order valence-corrected chi connectivity index (χ4v) is 4.61. The summed E-state index contributed by atoms with van der Waals surface area (Å²) in [6.45, 7) is 2.66. The predicted octanol–water partition coefficient (Wildman–Crippen LogP) is 3.36. The molecule has 3 aromatic rings. The zero-order valence-electron chi connectivity index (χ0n) is 16.7. The van der Waals surface area contributed by atoms with Crippen LogP contribution in [0.25, 0.3) is 16.6 Å². The van der Waals surface area contributed by atoms with Gasteiger partial charge in [-0.2, -0.15) is 0 Å². The second-order valence-corrected chi connectivity index (χ2v) is 7.89. The molecule has 2 bridgehead atoms. The average molecular weight is 445 g/mol. The molecule has 0 spiro atoms. The molecule has 2 fully saturated rings. The topological polar surface area (TPSA) is 75.0 Å². The summed E-state index contributed by atoms with van der Waals surface area (Å²) >= 11 is 0. The molecule has 0 aliphatic carbocycles. The number of carboxylic acid groups (broad SMARTS) is 1. The molecule has 2 aromatic carbocycles. The lowest BCUT2D eigenvalue weighted by atomic mass is 10.1. The Labute approximate surface area is 179 Å². The van der Waals surface area contributed by atoms with Crippen LogP contribution in [0.3, 0.4) is 0 Å². The lowest BCUT2D eigenvalue weighted by Crippen LogP contribution is -2.47. The number of ether oxygens (including phenoxy) is 1. The van der Waals surface area contributed by atoms with Crippen molar-refractivity contribution in [1.82, 2.24) is 9.47 Å². The average Bonchev–Trinajstić information content (AvgIpc) is 3.13. The summed E-state index contributed by atoms with van der Waals surface area (Å²) in [5.74, 6) is -3.01. The second kappa shape index (κ2) is 7.56. The minimum Gasteiger partial charge on any atom is -0.449 e. The van der Waals surface area contributed by atoms with Crippen LogP contribution in [0.2, 0.25) is 0 Å². The molecule has 2 aliphatic heterocycles. The van der Waals surface area contributed by atoms with Crippen molar-refractivity contribution in [3.8, 4) is 11.4 Å². The molecule has 10 heteroatoms. The molecule has 0 radical (unpaired) electrons. The van der Waals surface area contributed by atoms with E-state index in [1.54, 1.807) is 4.90 Å². The summed E-state index contributed by atoms with van der Waals surface area (Å²) in [5, 5.41) is 8.59. The highest BCUT2D eigenvalue weighted by Gasteiger charge is 2.36. The Balaban J connectivity index is 1.79. The highest BCUT2D eigenvalue weighted by molar-refractivity contribution is 5.87. The predicted molar refractivity (Wildman–Crippen MR) is 110 cm³/mol. The molecule has 32 heavy (non-hydrogen) atoms. The molecule has 7 nitrogen and oxygen atoms in total. The summed E-state index contributed by atoms with van der Waals surface area (Å²) in [6, 6.07) is 5.80. The Morgan fingerprint density at radius 2 is 1.84 bits per heavy atom. The van der Waals surface area contributed by atoms with Gasteiger partial charge in [0.25, 0.3) is 0 Å². The number of aromatic nitrogens is 1. The van der Waals surface area contributed by atoms with E-state index in [-0.39, 0.29) is 28.3 Å². The maximum Gasteiger partial charge on any atom is 0.511 e. The van der Waals surface area contributed by atoms with Crippen molar-refractivity contribution in [3.63, 3.8) is 0 Å². The third-order valence-corrected chi connectivity index (χ3v) is 6.06. The van der Waals surface area contributed by atoms with Gasteiger partial charge in [0.1, 0.15) is 17.3 Å². The number of nitrogens with zero attached hydrogens (tertiary/aromatic N) is 3. The van der Waals surface area contributed by atoms with Gasteiger partial charge in [-0.3, -0.25) is 9.69 Å². The van der Waals surface area contributed by atoms with E-state index in [1.165, 1.54) is 16.7 Å². The fourth-order valence-electron chi connectivity index (χ4n) is 4.61. The fraction of sp³-hybridized carbons (Fsp3) is 0.273. The van der Waals surface area contributed by atoms with Crippen molar-refractivity contribution in [2.24, 2.45) is 0 Å². The van der Waals surface area contributed by atoms with Crippen molar-refractivity contribution in [2.75, 3.05) is 31.1 Å². The van der Waals surface area contributed by atoms with E-state index in [4.69, 9.17) is 5.11 Å². The summed E-state index contributed by atoms with van der Waals surface area (Å²) in [6.07, 6.45) is 0.0426. The molecule has 0 amide bonds. The molecule has 2 aliphatic rings. The molecule has 166 valence electrons. The number of benzene rings is 2. The monoisotopic (exact) mass is 445 g/mol. The van der Waals surface area contributed by atoms with Crippen LogP contribution in [0, 0.1) is 17.5 Å². The molecule has 5 rings (SSSR count). The van der Waals surface area contributed by atoms with Crippen molar-refractivity contribution in [2.45, 2.75) is 12.5 Å². The van der Waals surface area contributed by atoms with Gasteiger partial charge in [-0.25, -0.2) is 18.0 Å². The Morgan fingerprint density at radius 3 is 2.56 bits per heavy atom. The van der Waals surface area contributed by atoms with E-state index in [1.807, 2.05) is 0 Å². The van der Waals surface area contributed by atoms with Crippen molar-refractivity contribution in [1.29, 1.82) is 0 Å². The normalized spacial score (nSPS) is 20.0. The van der Waals surface area contributed by atoms with E-state index in [2.05, 4.69) is 9.64 Å². The van der Waals surface area contributed by atoms with Crippen molar-refractivity contribution < 1.29 is 27.8 Å². The number of carbonyl (C=O) groups is 1. The highest BCUT2D eigenvalue weighted by atomic mass is 19.1. The standard InChI is InChI=1S/C22H18F3N3O4/c23-12-1-3-13(4-2-12)28-11-17(32-22(30)31)21(29)15-9-16(24)20(18(25)19(15)28)27-8-7-26-6-5-14(27)10-26/h1-4,9,11,14H,5-8,10H2,(H,30,31). The second-order valence-electron chi connectivity index (χ2n) is 7.89. The molecule has 2 unspecified atom stereocenters. The molecule has 1 N–H and O–H groups in total. The quantitative estimate of drug-likeness (QED) is 0.624. The number of fused-ring (bicyclic) bond motifs is 3. The Morgan fingerprint density at radius 1 is 1.09 bits per heavy atom. The lowest BCUT2D eigenvalue weighted by Gasteiger charge is -2.36. The number of pyridine rings is 1. The molecule has 1 aromatic heterocycles. The minimum absolute atomic E-state index is 0.0502. The van der Waals surface area contributed by atoms with E-state index in [0.29, 0.717) is 19.6 Å². The summed E-state index contributed by atoms with van der Waals surface area (Å²) in [5.41, 5.74) is -1.19. The summed E-state index contributed by atoms with van der Waals surface area (Å²) in [7, 11) is 0. The minimum atomic E-state index is -1.75. The first-order valence-electron chi connectivity index (χ1n) is 10.1. The largest absolute Gasteiger partial charge is 0.511 e. The lowest BCUT2D eigenvalue weighted by molar-refractivity contribution is 0.144. The van der Waals surface area contributed by atoms with Crippen LogP contribution >= 0.6 is 0 Å². The maximum atomic E-state index is 16.0. The third kappa shape index (κ3) is 3.27. The zero-order chi connectivity index (χ0) is 22.6. The van der Waals surface area contributed by atoms with Gasteiger partial charge >= 0.3 is 6.16 Å². The highest BCUT2D eigenvalue weighted by Crippen LogP contribution is 2.36. The number of anilines is 1. The number of rotatable bonds is 3. The Hall–Kier alpha value is -3.53. The van der Waals surface area contributed by atoms with Crippen LogP contribution in [-0.4, -0.2) is 52.9 Å². The van der Waals surface area contributed by atoms with Gasteiger partial charge in [0.05, 0.1) is 17.1 Å². The molecule has 2 saturated heterocycles. The van der Waals surface area contributed by atoms with Crippen LogP contribution in [0.15, 0.2) is 41.3 Å². The van der Waals surface area contributed by atoms with Crippen LogP contribution in [-0.2, 0) is 0 Å². The van der Waals surface area contributed by atoms with E-state index >= 15 is 8.78 Å². The first kappa shape index (κ1) is 20.4. The molecule has 3 heterocycles. The van der Waals surface area contributed by atoms with Crippen molar-refractivity contribution >= 4 is 22.7 Å². The Kier molecular flexibility index (Phi) is 4.81. The first-order chi connectivity index (χ1) is 15.3. The van der Waals surface area contributed by atoms with Gasteiger partial charge in [0.15, 0.2) is 11.6 Å². The van der Waals surface area contributed by atoms with Gasteiger partial charge in [0.2, 0.25) is 5.43 Å². The number of hydrogen-bond acceptors (Lipinski definition) is 5. The SMILES string of the molecule is O=C(O)Oc1cn(-c2ccc(F)cc2)c2c(F)c(N3CCN4CCC3C4)c(F)cc2c1=O. The molecular formula is C22H18F3N3O4. The smallest absolute Gasteiger partial charge is 0.449 e. The third-order valence-electron chi connectivity index (χ3n) is 6.06. The summed E-state index contributed by atoms with van der Waals surface area (Å²) < 4.78 is 50.3. The van der Waals surface area contributed by atoms with Crippen LogP contribution in [0.1, 0.15) is 6.42 Å². The Bertz CT molecular complexity index is 1290. The molecular weight excluding hydrogens is 427 g/mol. The van der Waals surface area contributed by atoms with E-state index in [0.717, 1.165) is 37.4 Å². The molecule has 0 saturated carbocycles. The van der Waals surface area contributed by atoms with Gasteiger partial charge in [-0.15, -0.1) is 0 Å². The van der Waals surface area contributed by atoms with Gasteiger partial charge in [0, 0.05) is 37.9 Å². The van der Waals surface area contributed by atoms with Crippen LogP contribution < -0.4 is 15.1 Å².